The Bertz CT molecular complexity index is 808. The van der Waals surface area contributed by atoms with Crippen molar-refractivity contribution in [3.63, 3.8) is 0 Å². The Labute approximate surface area is 150 Å². The molecule has 24 heavy (non-hydrogen) atoms. The number of fused-ring (bicyclic) bond motifs is 1. The smallest absolute Gasteiger partial charge is 0.330 e. The maximum absolute atomic E-state index is 12.1. The number of hydrogen-bond donors (Lipinski definition) is 0. The Morgan fingerprint density at radius 1 is 1.12 bits per heavy atom. The third-order valence-corrected chi connectivity index (χ3v) is 5.00. The van der Waals surface area contributed by atoms with E-state index >= 15 is 0 Å². The van der Waals surface area contributed by atoms with Gasteiger partial charge in [-0.1, -0.05) is 12.1 Å². The van der Waals surface area contributed by atoms with E-state index in [0.717, 1.165) is 13.6 Å². The fraction of sp³-hybridized carbons (Fsp3) is 0.118. The van der Waals surface area contributed by atoms with E-state index in [2.05, 4.69) is 15.9 Å². The van der Waals surface area contributed by atoms with Crippen molar-refractivity contribution in [3.8, 4) is 0 Å². The molecule has 0 saturated heterocycles. The molecule has 2 heterocycles. The second kappa shape index (κ2) is 7.11. The van der Waals surface area contributed by atoms with Crippen LogP contribution in [0.2, 0.25) is 0 Å². The first-order chi connectivity index (χ1) is 11.6. The Morgan fingerprint density at radius 2 is 1.79 bits per heavy atom. The van der Waals surface area contributed by atoms with E-state index in [0.29, 0.717) is 11.1 Å². The Hall–Kier alpha value is -2.25. The summed E-state index contributed by atoms with van der Waals surface area (Å²) in [6, 6.07) is 10.4. The molecule has 1 aromatic carbocycles. The number of ether oxygens (including phenoxy) is 1. The third kappa shape index (κ3) is 3.47. The van der Waals surface area contributed by atoms with Gasteiger partial charge in [0.05, 0.1) is 21.5 Å². The third-order valence-electron chi connectivity index (χ3n) is 3.42. The van der Waals surface area contributed by atoms with Crippen molar-refractivity contribution in [1.82, 2.24) is 4.90 Å². The van der Waals surface area contributed by atoms with Gasteiger partial charge in [-0.05, 0) is 46.3 Å². The summed E-state index contributed by atoms with van der Waals surface area (Å²) >= 11 is 4.83. The zero-order valence-electron chi connectivity index (χ0n) is 12.4. The average Bonchev–Trinajstić information content (AvgIpc) is 3.10. The molecular weight excluding hydrogens is 394 g/mol. The van der Waals surface area contributed by atoms with E-state index in [9.17, 15) is 14.4 Å². The minimum atomic E-state index is -0.517. The first-order valence-corrected chi connectivity index (χ1v) is 8.72. The van der Waals surface area contributed by atoms with E-state index in [4.69, 9.17) is 4.74 Å². The van der Waals surface area contributed by atoms with Crippen LogP contribution in [-0.2, 0) is 9.53 Å². The van der Waals surface area contributed by atoms with Crippen molar-refractivity contribution < 1.29 is 19.1 Å². The van der Waals surface area contributed by atoms with Crippen LogP contribution < -0.4 is 0 Å². The fourth-order valence-corrected chi connectivity index (χ4v) is 3.62. The van der Waals surface area contributed by atoms with Crippen LogP contribution in [0, 0.1) is 0 Å². The van der Waals surface area contributed by atoms with Crippen LogP contribution >= 0.6 is 27.3 Å². The van der Waals surface area contributed by atoms with Crippen molar-refractivity contribution in [2.75, 3.05) is 13.2 Å². The molecule has 7 heteroatoms. The van der Waals surface area contributed by atoms with Gasteiger partial charge in [-0.2, -0.15) is 0 Å². The van der Waals surface area contributed by atoms with Gasteiger partial charge in [-0.15, -0.1) is 11.3 Å². The van der Waals surface area contributed by atoms with Gasteiger partial charge >= 0.3 is 5.97 Å². The predicted molar refractivity (Wildman–Crippen MR) is 93.8 cm³/mol. The number of amides is 2. The summed E-state index contributed by atoms with van der Waals surface area (Å²) in [4.78, 5) is 38.0. The molecule has 0 radical (unpaired) electrons. The molecule has 122 valence electrons. The number of carbonyl (C=O) groups is 3. The highest BCUT2D eigenvalue weighted by Crippen LogP contribution is 2.23. The summed E-state index contributed by atoms with van der Waals surface area (Å²) in [6.07, 6.45) is 2.97. The van der Waals surface area contributed by atoms with Gasteiger partial charge in [0.25, 0.3) is 11.8 Å². The van der Waals surface area contributed by atoms with Crippen LogP contribution in [-0.4, -0.2) is 35.8 Å². The molecule has 5 nitrogen and oxygen atoms in total. The van der Waals surface area contributed by atoms with Gasteiger partial charge in [-0.3, -0.25) is 14.5 Å². The number of nitrogens with zero attached hydrogens (tertiary/aromatic N) is 1. The Balaban J connectivity index is 1.52. The van der Waals surface area contributed by atoms with Crippen molar-refractivity contribution in [3.05, 3.63) is 62.3 Å². The van der Waals surface area contributed by atoms with Gasteiger partial charge in [0.15, 0.2) is 0 Å². The van der Waals surface area contributed by atoms with E-state index in [1.54, 1.807) is 30.3 Å². The van der Waals surface area contributed by atoms with E-state index in [1.807, 2.05) is 12.1 Å². The summed E-state index contributed by atoms with van der Waals surface area (Å²) in [5.74, 6) is -1.23. The highest BCUT2D eigenvalue weighted by molar-refractivity contribution is 9.11. The Morgan fingerprint density at radius 3 is 2.38 bits per heavy atom. The minimum absolute atomic E-state index is 0.0382. The van der Waals surface area contributed by atoms with Crippen LogP contribution in [0.1, 0.15) is 25.6 Å². The monoisotopic (exact) mass is 405 g/mol. The van der Waals surface area contributed by atoms with Crippen molar-refractivity contribution >= 4 is 51.1 Å². The van der Waals surface area contributed by atoms with Crippen molar-refractivity contribution in [1.29, 1.82) is 0 Å². The molecule has 1 aliphatic heterocycles. The molecule has 0 spiro atoms. The van der Waals surface area contributed by atoms with Gasteiger partial charge in [0.2, 0.25) is 0 Å². The maximum Gasteiger partial charge on any atom is 0.330 e. The lowest BCUT2D eigenvalue weighted by atomic mass is 10.1. The second-order valence-electron chi connectivity index (χ2n) is 4.95. The molecular formula is C17H12BrNO4S. The van der Waals surface area contributed by atoms with Gasteiger partial charge in [-0.25, -0.2) is 4.79 Å². The molecule has 2 amide bonds. The largest absolute Gasteiger partial charge is 0.461 e. The number of esters is 1. The topological polar surface area (TPSA) is 63.7 Å². The van der Waals surface area contributed by atoms with Crippen LogP contribution in [0.25, 0.3) is 6.08 Å². The zero-order chi connectivity index (χ0) is 17.1. The van der Waals surface area contributed by atoms with E-state index < -0.39 is 5.97 Å². The highest BCUT2D eigenvalue weighted by atomic mass is 79.9. The van der Waals surface area contributed by atoms with E-state index in [1.165, 1.54) is 17.4 Å². The lowest BCUT2D eigenvalue weighted by molar-refractivity contribution is -0.137. The molecule has 3 rings (SSSR count). The predicted octanol–water partition coefficient (Wildman–Crippen LogP) is 3.36. The maximum atomic E-state index is 12.1. The average molecular weight is 406 g/mol. The molecule has 2 aromatic rings. The van der Waals surface area contributed by atoms with Crippen LogP contribution in [0.5, 0.6) is 0 Å². The number of carbonyl (C=O) groups excluding carboxylic acids is 3. The quantitative estimate of drug-likeness (QED) is 0.434. The SMILES string of the molecule is O=C(/C=C/c1ccc(Br)s1)OCCN1C(=O)c2ccccc2C1=O. The molecule has 1 aromatic heterocycles. The van der Waals surface area contributed by atoms with E-state index in [-0.39, 0.29) is 25.0 Å². The summed E-state index contributed by atoms with van der Waals surface area (Å²) in [5.41, 5.74) is 0.772. The van der Waals surface area contributed by atoms with Crippen LogP contribution in [0.15, 0.2) is 46.3 Å². The van der Waals surface area contributed by atoms with Gasteiger partial charge in [0.1, 0.15) is 6.61 Å². The first-order valence-electron chi connectivity index (χ1n) is 7.11. The number of thiophene rings is 1. The van der Waals surface area contributed by atoms with Crippen LogP contribution in [0.3, 0.4) is 0 Å². The first kappa shape index (κ1) is 16.6. The summed E-state index contributed by atoms with van der Waals surface area (Å²) < 4.78 is 6.02. The Kier molecular flexibility index (Phi) is 4.92. The molecule has 0 unspecified atom stereocenters. The fourth-order valence-electron chi connectivity index (χ4n) is 2.30. The molecule has 0 bridgehead atoms. The van der Waals surface area contributed by atoms with Crippen LogP contribution in [0.4, 0.5) is 0 Å². The second-order valence-corrected chi connectivity index (χ2v) is 7.44. The number of benzene rings is 1. The minimum Gasteiger partial charge on any atom is -0.461 e. The van der Waals surface area contributed by atoms with Crippen molar-refractivity contribution in [2.24, 2.45) is 0 Å². The highest BCUT2D eigenvalue weighted by Gasteiger charge is 2.34. The number of hydrogen-bond acceptors (Lipinski definition) is 5. The molecule has 0 N–H and O–H groups in total. The lowest BCUT2D eigenvalue weighted by Crippen LogP contribution is -2.33. The van der Waals surface area contributed by atoms with Crippen molar-refractivity contribution in [2.45, 2.75) is 0 Å². The number of imide groups is 1. The molecule has 1 aliphatic rings. The zero-order valence-corrected chi connectivity index (χ0v) is 14.8. The molecule has 0 saturated carbocycles. The normalized spacial score (nSPS) is 13.6. The summed E-state index contributed by atoms with van der Waals surface area (Å²) in [5, 5.41) is 0. The summed E-state index contributed by atoms with van der Waals surface area (Å²) in [7, 11) is 0. The standard InChI is InChI=1S/C17H12BrNO4S/c18-14-7-5-11(24-14)6-8-15(20)23-10-9-19-16(21)12-3-1-2-4-13(12)17(19)22/h1-8H,9-10H2/b8-6+. The number of halogens is 1. The molecule has 0 aliphatic carbocycles. The molecule has 0 fully saturated rings. The number of rotatable bonds is 5. The van der Waals surface area contributed by atoms with Gasteiger partial charge < -0.3 is 4.74 Å². The van der Waals surface area contributed by atoms with Gasteiger partial charge in [0, 0.05) is 11.0 Å². The molecule has 0 atom stereocenters. The summed E-state index contributed by atoms with van der Waals surface area (Å²) in [6.45, 7) is -0.000740. The lowest BCUT2D eigenvalue weighted by Gasteiger charge is -2.13.